The number of fused-ring (bicyclic) bond motifs is 1. The number of halogens is 8. The number of nitrogens with zero attached hydrogens (tertiary/aromatic N) is 1. The summed E-state index contributed by atoms with van der Waals surface area (Å²) in [7, 11) is 0. The first-order chi connectivity index (χ1) is 11.6. The SMILES string of the molecule is FC(F)(F)c1nc2c(Cl)c(Cl)cc(Oc3cc(Cl)c(Cl)cc3Cl)c2[nH]1. The molecule has 0 unspecified atom stereocenters. The minimum atomic E-state index is -4.70. The van der Waals surface area contributed by atoms with Gasteiger partial charge in [-0.2, -0.15) is 13.2 Å². The molecule has 11 heteroatoms. The van der Waals surface area contributed by atoms with Gasteiger partial charge in [-0.3, -0.25) is 0 Å². The van der Waals surface area contributed by atoms with Gasteiger partial charge in [-0.15, -0.1) is 0 Å². The molecule has 0 saturated heterocycles. The molecule has 0 aliphatic heterocycles. The zero-order valence-electron chi connectivity index (χ0n) is 11.6. The summed E-state index contributed by atoms with van der Waals surface area (Å²) in [5, 5.41) is 0.262. The van der Waals surface area contributed by atoms with Crippen LogP contribution in [0.3, 0.4) is 0 Å². The number of alkyl halides is 3. The average molecular weight is 450 g/mol. The van der Waals surface area contributed by atoms with E-state index in [0.29, 0.717) is 0 Å². The maximum Gasteiger partial charge on any atom is 0.449 e. The third-order valence-corrected chi connectivity index (χ3v) is 4.88. The van der Waals surface area contributed by atoms with Crippen molar-refractivity contribution in [1.82, 2.24) is 9.97 Å². The second-order valence-corrected chi connectivity index (χ2v) is 6.78. The van der Waals surface area contributed by atoms with Gasteiger partial charge in [0.1, 0.15) is 16.8 Å². The Morgan fingerprint density at radius 2 is 1.44 bits per heavy atom. The molecule has 1 heterocycles. The minimum Gasteiger partial charge on any atom is -0.453 e. The number of benzene rings is 2. The molecular weight excluding hydrogens is 446 g/mol. The summed E-state index contributed by atoms with van der Waals surface area (Å²) in [6.45, 7) is 0. The Balaban J connectivity index is 2.18. The smallest absolute Gasteiger partial charge is 0.449 e. The lowest BCUT2D eigenvalue weighted by molar-refractivity contribution is -0.144. The zero-order valence-corrected chi connectivity index (χ0v) is 15.4. The van der Waals surface area contributed by atoms with E-state index in [0.717, 1.165) is 0 Å². The van der Waals surface area contributed by atoms with Crippen molar-refractivity contribution in [1.29, 1.82) is 0 Å². The predicted octanol–water partition coefficient (Wildman–Crippen LogP) is 7.64. The molecule has 0 spiro atoms. The fourth-order valence-corrected chi connectivity index (χ4v) is 2.95. The maximum absolute atomic E-state index is 12.9. The third kappa shape index (κ3) is 3.59. The molecule has 3 aromatic rings. The number of hydrogen-bond acceptors (Lipinski definition) is 2. The highest BCUT2D eigenvalue weighted by Gasteiger charge is 2.36. The molecule has 0 fully saturated rings. The van der Waals surface area contributed by atoms with E-state index >= 15 is 0 Å². The van der Waals surface area contributed by atoms with Gasteiger partial charge in [-0.1, -0.05) is 58.0 Å². The normalized spacial score (nSPS) is 12.0. The molecule has 0 bridgehead atoms. The molecule has 132 valence electrons. The monoisotopic (exact) mass is 448 g/mol. The Hall–Kier alpha value is -1.05. The van der Waals surface area contributed by atoms with Crippen molar-refractivity contribution < 1.29 is 17.9 Å². The van der Waals surface area contributed by atoms with E-state index in [1.165, 1.54) is 18.2 Å². The fraction of sp³-hybridized carbons (Fsp3) is 0.0714. The molecule has 3 rings (SSSR count). The van der Waals surface area contributed by atoms with Crippen molar-refractivity contribution in [2.75, 3.05) is 0 Å². The minimum absolute atomic E-state index is 0.0411. The summed E-state index contributed by atoms with van der Waals surface area (Å²) >= 11 is 29.6. The number of nitrogens with one attached hydrogen (secondary N) is 1. The topological polar surface area (TPSA) is 37.9 Å². The molecule has 3 nitrogen and oxygen atoms in total. The lowest BCUT2D eigenvalue weighted by Crippen LogP contribution is -2.06. The molecule has 0 aliphatic rings. The van der Waals surface area contributed by atoms with Crippen LogP contribution in [0.4, 0.5) is 13.2 Å². The Labute approximate surface area is 163 Å². The summed E-state index contributed by atoms with van der Waals surface area (Å²) in [5.74, 6) is -1.23. The van der Waals surface area contributed by atoms with Crippen LogP contribution in [0.1, 0.15) is 5.82 Å². The molecule has 1 aromatic heterocycles. The number of H-pyrrole nitrogens is 1. The van der Waals surface area contributed by atoms with Crippen LogP contribution in [0.25, 0.3) is 11.0 Å². The molecule has 0 saturated carbocycles. The van der Waals surface area contributed by atoms with Crippen LogP contribution >= 0.6 is 58.0 Å². The van der Waals surface area contributed by atoms with Crippen LogP contribution in [-0.4, -0.2) is 9.97 Å². The number of hydrogen-bond donors (Lipinski definition) is 1. The first kappa shape index (κ1) is 18.7. The maximum atomic E-state index is 12.9. The summed E-state index contributed by atoms with van der Waals surface area (Å²) in [6.07, 6.45) is -4.70. The largest absolute Gasteiger partial charge is 0.453 e. The van der Waals surface area contributed by atoms with Crippen LogP contribution in [0.5, 0.6) is 11.5 Å². The van der Waals surface area contributed by atoms with Crippen molar-refractivity contribution >= 4 is 69.0 Å². The molecule has 0 aliphatic carbocycles. The summed E-state index contributed by atoms with van der Waals surface area (Å²) in [5.41, 5.74) is -0.281. The number of aromatic nitrogens is 2. The van der Waals surface area contributed by atoms with Crippen molar-refractivity contribution in [2.24, 2.45) is 0 Å². The quantitative estimate of drug-likeness (QED) is 0.408. The van der Waals surface area contributed by atoms with Crippen molar-refractivity contribution in [3.63, 3.8) is 0 Å². The van der Waals surface area contributed by atoms with Crippen LogP contribution in [-0.2, 0) is 6.18 Å². The van der Waals surface area contributed by atoms with Gasteiger partial charge in [0.15, 0.2) is 5.75 Å². The first-order valence-electron chi connectivity index (χ1n) is 6.35. The lowest BCUT2D eigenvalue weighted by atomic mass is 10.3. The highest BCUT2D eigenvalue weighted by Crippen LogP contribution is 2.42. The predicted molar refractivity (Wildman–Crippen MR) is 92.7 cm³/mol. The first-order valence-corrected chi connectivity index (χ1v) is 8.24. The third-order valence-electron chi connectivity index (χ3n) is 3.09. The van der Waals surface area contributed by atoms with Gasteiger partial charge in [0.05, 0.1) is 25.1 Å². The summed E-state index contributed by atoms with van der Waals surface area (Å²) < 4.78 is 44.3. The van der Waals surface area contributed by atoms with Crippen LogP contribution in [0.2, 0.25) is 25.1 Å². The summed E-state index contributed by atoms with van der Waals surface area (Å²) in [6, 6.07) is 3.90. The Bertz CT molecular complexity index is 987. The van der Waals surface area contributed by atoms with Crippen LogP contribution in [0.15, 0.2) is 18.2 Å². The van der Waals surface area contributed by atoms with E-state index in [-0.39, 0.29) is 47.6 Å². The second-order valence-electron chi connectivity index (χ2n) is 4.78. The van der Waals surface area contributed by atoms with E-state index in [4.69, 9.17) is 62.7 Å². The van der Waals surface area contributed by atoms with Gasteiger partial charge in [0.2, 0.25) is 5.82 Å². The van der Waals surface area contributed by atoms with Gasteiger partial charge in [0, 0.05) is 12.1 Å². The molecule has 1 N–H and O–H groups in total. The van der Waals surface area contributed by atoms with Crippen LogP contribution < -0.4 is 4.74 Å². The highest BCUT2D eigenvalue weighted by atomic mass is 35.5. The molecule has 2 aromatic carbocycles. The Kier molecular flexibility index (Phi) is 4.94. The summed E-state index contributed by atoms with van der Waals surface area (Å²) in [4.78, 5) is 5.58. The molecule has 25 heavy (non-hydrogen) atoms. The van der Waals surface area contributed by atoms with Crippen molar-refractivity contribution in [3.05, 3.63) is 49.1 Å². The fourth-order valence-electron chi connectivity index (χ4n) is 1.99. The van der Waals surface area contributed by atoms with Gasteiger partial charge in [0.25, 0.3) is 0 Å². The number of ether oxygens (including phenoxy) is 1. The second kappa shape index (κ2) is 6.59. The van der Waals surface area contributed by atoms with Crippen molar-refractivity contribution in [3.8, 4) is 11.5 Å². The Morgan fingerprint density at radius 1 is 0.840 bits per heavy atom. The van der Waals surface area contributed by atoms with Gasteiger partial charge < -0.3 is 9.72 Å². The van der Waals surface area contributed by atoms with Gasteiger partial charge in [-0.05, 0) is 6.07 Å². The number of imidazole rings is 1. The highest BCUT2D eigenvalue weighted by molar-refractivity contribution is 6.45. The van der Waals surface area contributed by atoms with E-state index in [1.807, 2.05) is 0 Å². The van der Waals surface area contributed by atoms with Gasteiger partial charge >= 0.3 is 6.18 Å². The zero-order chi connectivity index (χ0) is 18.5. The number of rotatable bonds is 2. The average Bonchev–Trinajstić information content (AvgIpc) is 2.96. The number of aromatic amines is 1. The van der Waals surface area contributed by atoms with E-state index in [9.17, 15) is 13.2 Å². The van der Waals surface area contributed by atoms with Crippen LogP contribution in [0, 0.1) is 0 Å². The molecule has 0 amide bonds. The standard InChI is InChI=1S/C14H4Cl5F3N2O/c15-4-1-6(17)8(2-5(4)16)25-9-3-7(18)10(19)12-11(9)23-13(24-12)14(20,21)22/h1-3H,(H,23,24). The lowest BCUT2D eigenvalue weighted by Gasteiger charge is -2.11. The van der Waals surface area contributed by atoms with E-state index in [1.54, 1.807) is 0 Å². The molecule has 0 radical (unpaired) electrons. The molecular formula is C14H4Cl5F3N2O. The Morgan fingerprint density at radius 3 is 2.08 bits per heavy atom. The van der Waals surface area contributed by atoms with E-state index < -0.39 is 12.0 Å². The van der Waals surface area contributed by atoms with Gasteiger partial charge in [-0.25, -0.2) is 4.98 Å². The van der Waals surface area contributed by atoms with Crippen molar-refractivity contribution in [2.45, 2.75) is 6.18 Å². The van der Waals surface area contributed by atoms with E-state index in [2.05, 4.69) is 9.97 Å². The molecule has 0 atom stereocenters.